The van der Waals surface area contributed by atoms with Gasteiger partial charge in [0.05, 0.1) is 12.6 Å². The topological polar surface area (TPSA) is 39.2 Å². The molecule has 0 saturated carbocycles. The van der Waals surface area contributed by atoms with Crippen LogP contribution >= 0.6 is 11.6 Å². The molecule has 0 amide bonds. The molecule has 4 heteroatoms. The van der Waals surface area contributed by atoms with Crippen LogP contribution in [0.1, 0.15) is 28.4 Å². The number of carbonyl (C=O) groups is 1. The monoisotopic (exact) mass is 351 g/mol. The number of carbonyl (C=O) groups excluding carboxylic acids is 1. The van der Waals surface area contributed by atoms with Crippen molar-refractivity contribution >= 4 is 34.4 Å². The number of hydrogen-bond acceptors (Lipinski definition) is 3. The second-order valence-electron chi connectivity index (χ2n) is 5.68. The number of allylic oxidation sites excluding steroid dienone is 1. The van der Waals surface area contributed by atoms with E-state index in [-0.39, 0.29) is 5.78 Å². The highest BCUT2D eigenvalue weighted by Crippen LogP contribution is 2.25. The SMILES string of the molecule is CCc1ccc(C(=O)/C=C\c2cc3ccc(OC)cc3nc2Cl)cc1. The Morgan fingerprint density at radius 1 is 1.16 bits per heavy atom. The summed E-state index contributed by atoms with van der Waals surface area (Å²) in [5, 5.41) is 1.29. The molecule has 0 N–H and O–H groups in total. The number of halogens is 1. The molecule has 3 aromatic rings. The average molecular weight is 352 g/mol. The molecule has 0 bridgehead atoms. The number of methoxy groups -OCH3 is 1. The first-order valence-corrected chi connectivity index (χ1v) is 8.44. The van der Waals surface area contributed by atoms with Crippen LogP contribution in [0.5, 0.6) is 5.75 Å². The molecular formula is C21H18ClNO2. The number of aryl methyl sites for hydroxylation is 1. The number of fused-ring (bicyclic) bond motifs is 1. The van der Waals surface area contributed by atoms with Crippen LogP contribution in [0.2, 0.25) is 5.15 Å². The predicted molar refractivity (Wildman–Crippen MR) is 102 cm³/mol. The molecule has 25 heavy (non-hydrogen) atoms. The van der Waals surface area contributed by atoms with E-state index in [1.807, 2.05) is 48.5 Å². The van der Waals surface area contributed by atoms with Gasteiger partial charge in [-0.15, -0.1) is 0 Å². The lowest BCUT2D eigenvalue weighted by atomic mass is 10.1. The fraction of sp³-hybridized carbons (Fsp3) is 0.143. The second kappa shape index (κ2) is 7.49. The van der Waals surface area contributed by atoms with Crippen LogP contribution in [0.25, 0.3) is 17.0 Å². The number of rotatable bonds is 5. The molecule has 1 heterocycles. The van der Waals surface area contributed by atoms with Gasteiger partial charge in [0, 0.05) is 22.6 Å². The molecule has 3 rings (SSSR count). The first-order valence-electron chi connectivity index (χ1n) is 8.06. The lowest BCUT2D eigenvalue weighted by Crippen LogP contribution is -1.94. The van der Waals surface area contributed by atoms with Crippen LogP contribution in [-0.2, 0) is 6.42 Å². The summed E-state index contributed by atoms with van der Waals surface area (Å²) >= 11 is 6.25. The van der Waals surface area contributed by atoms with Crippen LogP contribution in [0.4, 0.5) is 0 Å². The van der Waals surface area contributed by atoms with Gasteiger partial charge in [0.2, 0.25) is 0 Å². The zero-order chi connectivity index (χ0) is 17.8. The standard InChI is InChI=1S/C21H18ClNO2/c1-3-14-4-6-15(7-5-14)20(24)11-9-17-12-16-8-10-18(25-2)13-19(16)23-21(17)22/h4-13H,3H2,1-2H3/b11-9-. The summed E-state index contributed by atoms with van der Waals surface area (Å²) in [7, 11) is 1.61. The fourth-order valence-electron chi connectivity index (χ4n) is 2.55. The lowest BCUT2D eigenvalue weighted by Gasteiger charge is -2.05. The van der Waals surface area contributed by atoms with Gasteiger partial charge in [0.25, 0.3) is 0 Å². The minimum absolute atomic E-state index is 0.0615. The van der Waals surface area contributed by atoms with E-state index < -0.39 is 0 Å². The molecule has 0 spiro atoms. The van der Waals surface area contributed by atoms with Crippen molar-refractivity contribution < 1.29 is 9.53 Å². The molecule has 0 unspecified atom stereocenters. The number of ketones is 1. The van der Waals surface area contributed by atoms with E-state index in [1.165, 1.54) is 11.6 Å². The highest BCUT2D eigenvalue weighted by atomic mass is 35.5. The highest BCUT2D eigenvalue weighted by Gasteiger charge is 2.06. The van der Waals surface area contributed by atoms with Gasteiger partial charge in [0.15, 0.2) is 5.78 Å². The van der Waals surface area contributed by atoms with Crippen LogP contribution in [0.3, 0.4) is 0 Å². The summed E-state index contributed by atoms with van der Waals surface area (Å²) in [4.78, 5) is 16.7. The number of nitrogens with zero attached hydrogens (tertiary/aromatic N) is 1. The molecule has 0 saturated heterocycles. The minimum Gasteiger partial charge on any atom is -0.497 e. The van der Waals surface area contributed by atoms with Crippen LogP contribution in [0, 0.1) is 0 Å². The summed E-state index contributed by atoms with van der Waals surface area (Å²) in [6.45, 7) is 2.08. The number of hydrogen-bond donors (Lipinski definition) is 0. The Morgan fingerprint density at radius 3 is 2.60 bits per heavy atom. The molecule has 0 aliphatic carbocycles. The number of ether oxygens (including phenoxy) is 1. The molecule has 0 atom stereocenters. The van der Waals surface area contributed by atoms with Crippen molar-refractivity contribution in [1.29, 1.82) is 0 Å². The van der Waals surface area contributed by atoms with Crippen molar-refractivity contribution in [3.05, 3.63) is 76.5 Å². The summed E-state index contributed by atoms with van der Waals surface area (Å²) < 4.78 is 5.20. The normalized spacial score (nSPS) is 11.2. The summed E-state index contributed by atoms with van der Waals surface area (Å²) in [6.07, 6.45) is 4.18. The second-order valence-corrected chi connectivity index (χ2v) is 6.03. The molecule has 2 aromatic carbocycles. The van der Waals surface area contributed by atoms with E-state index in [1.54, 1.807) is 13.2 Å². The van der Waals surface area contributed by atoms with Crippen molar-refractivity contribution in [2.75, 3.05) is 7.11 Å². The van der Waals surface area contributed by atoms with Gasteiger partial charge >= 0.3 is 0 Å². The first-order chi connectivity index (χ1) is 12.1. The van der Waals surface area contributed by atoms with Crippen molar-refractivity contribution in [1.82, 2.24) is 4.98 Å². The number of pyridine rings is 1. The Balaban J connectivity index is 1.86. The Bertz CT molecular complexity index is 946. The zero-order valence-corrected chi connectivity index (χ0v) is 14.9. The van der Waals surface area contributed by atoms with E-state index in [0.717, 1.165) is 23.1 Å². The molecule has 1 aromatic heterocycles. The van der Waals surface area contributed by atoms with Gasteiger partial charge in [-0.2, -0.15) is 0 Å². The zero-order valence-electron chi connectivity index (χ0n) is 14.1. The average Bonchev–Trinajstić information content (AvgIpc) is 2.65. The van der Waals surface area contributed by atoms with E-state index in [2.05, 4.69) is 11.9 Å². The molecule has 126 valence electrons. The molecule has 3 nitrogen and oxygen atoms in total. The minimum atomic E-state index is -0.0615. The maximum atomic E-state index is 12.3. The van der Waals surface area contributed by atoms with Gasteiger partial charge in [-0.25, -0.2) is 4.98 Å². The third-order valence-corrected chi connectivity index (χ3v) is 4.37. The van der Waals surface area contributed by atoms with Crippen LogP contribution in [-0.4, -0.2) is 17.9 Å². The third-order valence-electron chi connectivity index (χ3n) is 4.07. The van der Waals surface area contributed by atoms with Crippen molar-refractivity contribution in [2.24, 2.45) is 0 Å². The van der Waals surface area contributed by atoms with Gasteiger partial charge in [0.1, 0.15) is 10.9 Å². The van der Waals surface area contributed by atoms with E-state index in [0.29, 0.717) is 16.3 Å². The Hall–Kier alpha value is -2.65. The molecule has 0 fully saturated rings. The Labute approximate surface area is 151 Å². The summed E-state index contributed by atoms with van der Waals surface area (Å²) in [6, 6.07) is 15.2. The summed E-state index contributed by atoms with van der Waals surface area (Å²) in [5.41, 5.74) is 3.32. The largest absolute Gasteiger partial charge is 0.497 e. The maximum absolute atomic E-state index is 12.3. The third kappa shape index (κ3) is 3.89. The van der Waals surface area contributed by atoms with Crippen molar-refractivity contribution in [3.63, 3.8) is 0 Å². The molecule has 0 aliphatic heterocycles. The fourth-order valence-corrected chi connectivity index (χ4v) is 2.76. The van der Waals surface area contributed by atoms with Crippen molar-refractivity contribution in [3.8, 4) is 5.75 Å². The van der Waals surface area contributed by atoms with Gasteiger partial charge < -0.3 is 4.74 Å². The number of benzene rings is 2. The van der Waals surface area contributed by atoms with Crippen LogP contribution in [0.15, 0.2) is 54.6 Å². The molecule has 0 aliphatic rings. The molecule has 0 radical (unpaired) electrons. The Kier molecular flexibility index (Phi) is 5.15. The van der Waals surface area contributed by atoms with Gasteiger partial charge in [-0.3, -0.25) is 4.79 Å². The molecular weight excluding hydrogens is 334 g/mol. The Morgan fingerprint density at radius 2 is 1.92 bits per heavy atom. The van der Waals surface area contributed by atoms with E-state index >= 15 is 0 Å². The van der Waals surface area contributed by atoms with Crippen LogP contribution < -0.4 is 4.74 Å². The highest BCUT2D eigenvalue weighted by molar-refractivity contribution is 6.31. The first kappa shape index (κ1) is 17.2. The smallest absolute Gasteiger partial charge is 0.185 e. The quantitative estimate of drug-likeness (QED) is 0.353. The predicted octanol–water partition coefficient (Wildman–Crippen LogP) is 5.36. The van der Waals surface area contributed by atoms with E-state index in [9.17, 15) is 4.79 Å². The van der Waals surface area contributed by atoms with Crippen molar-refractivity contribution in [2.45, 2.75) is 13.3 Å². The number of aromatic nitrogens is 1. The maximum Gasteiger partial charge on any atom is 0.185 e. The van der Waals surface area contributed by atoms with Gasteiger partial charge in [-0.1, -0.05) is 42.8 Å². The summed E-state index contributed by atoms with van der Waals surface area (Å²) in [5.74, 6) is 0.665. The van der Waals surface area contributed by atoms with E-state index in [4.69, 9.17) is 16.3 Å². The lowest BCUT2D eigenvalue weighted by molar-refractivity contribution is 0.104. The van der Waals surface area contributed by atoms with Gasteiger partial charge in [-0.05, 0) is 42.3 Å².